The van der Waals surface area contributed by atoms with Gasteiger partial charge in [0.05, 0.1) is 0 Å². The molecule has 2 rings (SSSR count). The quantitative estimate of drug-likeness (QED) is 0.875. The first kappa shape index (κ1) is 16.1. The first-order chi connectivity index (χ1) is 10.3. The third-order valence-electron chi connectivity index (χ3n) is 3.16. The van der Waals surface area contributed by atoms with Gasteiger partial charge in [0.15, 0.2) is 0 Å². The van der Waals surface area contributed by atoms with E-state index in [2.05, 4.69) is 55.7 Å². The van der Waals surface area contributed by atoms with Gasteiger partial charge in [0, 0.05) is 23.8 Å². The molecule has 0 aromatic heterocycles. The number of carbonyl (C=O) groups excluding carboxylic acids is 1. The van der Waals surface area contributed by atoms with Crippen LogP contribution in [0, 0.1) is 0 Å². The van der Waals surface area contributed by atoms with E-state index in [0.717, 1.165) is 17.8 Å². The van der Waals surface area contributed by atoms with Crippen LogP contribution in [0.25, 0.3) is 0 Å². The van der Waals surface area contributed by atoms with Gasteiger partial charge in [-0.3, -0.25) is 4.79 Å². The minimum atomic E-state index is -0.0466. The van der Waals surface area contributed by atoms with Crippen molar-refractivity contribution in [1.29, 1.82) is 0 Å². The van der Waals surface area contributed by atoms with Gasteiger partial charge in [-0.05, 0) is 62.6 Å². The van der Waals surface area contributed by atoms with Crippen LogP contribution in [0.1, 0.15) is 38.8 Å². The minimum Gasteiger partial charge on any atom is -0.380 e. The number of hydrogen-bond donors (Lipinski definition) is 2. The maximum Gasteiger partial charge on any atom is 0.221 e. The molecule has 3 nitrogen and oxygen atoms in total. The average Bonchev–Trinajstić information content (AvgIpc) is 2.41. The summed E-state index contributed by atoms with van der Waals surface area (Å²) in [6, 6.07) is 16.5. The Kier molecular flexibility index (Phi) is 4.86. The highest BCUT2D eigenvalue weighted by Crippen LogP contribution is 2.18. The van der Waals surface area contributed by atoms with Crippen LogP contribution in [0.2, 0.25) is 0 Å². The van der Waals surface area contributed by atoms with Gasteiger partial charge in [0.1, 0.15) is 0 Å². The molecule has 0 aliphatic carbocycles. The Hall–Kier alpha value is -2.29. The molecule has 2 aromatic rings. The number of hydrogen-bond acceptors (Lipinski definition) is 2. The largest absolute Gasteiger partial charge is 0.380 e. The van der Waals surface area contributed by atoms with Crippen molar-refractivity contribution in [2.24, 2.45) is 0 Å². The summed E-state index contributed by atoms with van der Waals surface area (Å²) >= 11 is 0. The Labute approximate surface area is 132 Å². The van der Waals surface area contributed by atoms with Crippen LogP contribution < -0.4 is 10.6 Å². The molecule has 0 bridgehead atoms. The minimum absolute atomic E-state index is 0.0466. The third kappa shape index (κ3) is 5.24. The maximum atomic E-state index is 11.0. The van der Waals surface area contributed by atoms with Gasteiger partial charge < -0.3 is 10.6 Å². The topological polar surface area (TPSA) is 41.1 Å². The van der Waals surface area contributed by atoms with Crippen LogP contribution in [-0.2, 0) is 11.2 Å². The lowest BCUT2D eigenvalue weighted by Crippen LogP contribution is -2.25. The Morgan fingerprint density at radius 2 is 1.32 bits per heavy atom. The van der Waals surface area contributed by atoms with Gasteiger partial charge in [0.25, 0.3) is 0 Å². The molecule has 0 saturated heterocycles. The van der Waals surface area contributed by atoms with Crippen molar-refractivity contribution in [1.82, 2.24) is 0 Å². The van der Waals surface area contributed by atoms with Crippen LogP contribution in [0.15, 0.2) is 48.5 Å². The van der Waals surface area contributed by atoms with Crippen molar-refractivity contribution in [3.63, 3.8) is 0 Å². The molecule has 1 amide bonds. The summed E-state index contributed by atoms with van der Waals surface area (Å²) in [6.45, 7) is 7.97. The maximum absolute atomic E-state index is 11.0. The van der Waals surface area contributed by atoms with E-state index in [4.69, 9.17) is 0 Å². The molecule has 0 heterocycles. The molecule has 0 spiro atoms. The fraction of sp³-hybridized carbons (Fsp3) is 0.316. The Bertz CT molecular complexity index is 622. The summed E-state index contributed by atoms with van der Waals surface area (Å²) in [5.41, 5.74) is 4.54. The van der Waals surface area contributed by atoms with Gasteiger partial charge in [-0.1, -0.05) is 24.3 Å². The number of nitrogens with one attached hydrogen (secondary N) is 2. The summed E-state index contributed by atoms with van der Waals surface area (Å²) in [7, 11) is 0. The highest BCUT2D eigenvalue weighted by atomic mass is 16.1. The zero-order chi connectivity index (χ0) is 16.2. The zero-order valence-corrected chi connectivity index (χ0v) is 13.7. The summed E-state index contributed by atoms with van der Waals surface area (Å²) < 4.78 is 0. The summed E-state index contributed by atoms with van der Waals surface area (Å²) in [5.74, 6) is -0.0466. The molecule has 0 fully saturated rings. The predicted molar refractivity (Wildman–Crippen MR) is 93.4 cm³/mol. The molecule has 22 heavy (non-hydrogen) atoms. The smallest absolute Gasteiger partial charge is 0.221 e. The molecule has 0 unspecified atom stereocenters. The van der Waals surface area contributed by atoms with E-state index in [1.54, 1.807) is 0 Å². The summed E-state index contributed by atoms with van der Waals surface area (Å²) in [6.07, 6.45) is 0.885. The average molecular weight is 296 g/mol. The lowest BCUT2D eigenvalue weighted by molar-refractivity contribution is -0.114. The summed E-state index contributed by atoms with van der Waals surface area (Å²) in [5, 5.41) is 6.24. The van der Waals surface area contributed by atoms with Crippen LogP contribution in [0.5, 0.6) is 0 Å². The first-order valence-electron chi connectivity index (χ1n) is 7.55. The molecule has 2 N–H and O–H groups in total. The van der Waals surface area contributed by atoms with Crippen molar-refractivity contribution in [2.45, 2.75) is 39.7 Å². The Morgan fingerprint density at radius 3 is 1.73 bits per heavy atom. The van der Waals surface area contributed by atoms with Gasteiger partial charge in [-0.2, -0.15) is 0 Å². The van der Waals surface area contributed by atoms with Crippen LogP contribution in [-0.4, -0.2) is 11.4 Å². The lowest BCUT2D eigenvalue weighted by atomic mass is 10.0. The van der Waals surface area contributed by atoms with Crippen LogP contribution in [0.3, 0.4) is 0 Å². The molecular weight excluding hydrogens is 272 g/mol. The SMILES string of the molecule is CC(=O)Nc1ccc(Cc2ccc(NC(C)(C)C)cc2)cc1. The van der Waals surface area contributed by atoms with Crippen molar-refractivity contribution in [3.8, 4) is 0 Å². The lowest BCUT2D eigenvalue weighted by Gasteiger charge is -2.22. The molecule has 0 radical (unpaired) electrons. The number of anilines is 2. The number of carbonyl (C=O) groups is 1. The third-order valence-corrected chi connectivity index (χ3v) is 3.16. The van der Waals surface area contributed by atoms with Crippen LogP contribution in [0.4, 0.5) is 11.4 Å². The van der Waals surface area contributed by atoms with Gasteiger partial charge in [0.2, 0.25) is 5.91 Å². The van der Waals surface area contributed by atoms with E-state index in [0.29, 0.717) is 0 Å². The van der Waals surface area contributed by atoms with E-state index in [1.165, 1.54) is 18.1 Å². The fourth-order valence-corrected chi connectivity index (χ4v) is 2.28. The van der Waals surface area contributed by atoms with E-state index < -0.39 is 0 Å². The predicted octanol–water partition coefficient (Wildman–Crippen LogP) is 4.45. The van der Waals surface area contributed by atoms with Crippen molar-refractivity contribution in [3.05, 3.63) is 59.7 Å². The molecule has 0 aliphatic rings. The van der Waals surface area contributed by atoms with Crippen LogP contribution >= 0.6 is 0 Å². The van der Waals surface area contributed by atoms with E-state index >= 15 is 0 Å². The second-order valence-electron chi connectivity index (χ2n) is 6.63. The first-order valence-corrected chi connectivity index (χ1v) is 7.55. The zero-order valence-electron chi connectivity index (χ0n) is 13.7. The molecule has 0 aliphatic heterocycles. The Balaban J connectivity index is 2.00. The molecule has 0 saturated carbocycles. The van der Waals surface area contributed by atoms with E-state index in [1.807, 2.05) is 24.3 Å². The molecule has 3 heteroatoms. The molecule has 0 atom stereocenters. The van der Waals surface area contributed by atoms with E-state index in [-0.39, 0.29) is 11.4 Å². The monoisotopic (exact) mass is 296 g/mol. The van der Waals surface area contributed by atoms with Gasteiger partial charge >= 0.3 is 0 Å². The van der Waals surface area contributed by atoms with Crippen molar-refractivity contribution >= 4 is 17.3 Å². The number of benzene rings is 2. The highest BCUT2D eigenvalue weighted by Gasteiger charge is 2.08. The van der Waals surface area contributed by atoms with Crippen molar-refractivity contribution in [2.75, 3.05) is 10.6 Å². The second-order valence-corrected chi connectivity index (χ2v) is 6.63. The number of rotatable bonds is 4. The Morgan fingerprint density at radius 1 is 0.864 bits per heavy atom. The highest BCUT2D eigenvalue weighted by molar-refractivity contribution is 5.88. The van der Waals surface area contributed by atoms with Gasteiger partial charge in [-0.15, -0.1) is 0 Å². The fourth-order valence-electron chi connectivity index (χ4n) is 2.28. The second kappa shape index (κ2) is 6.65. The molecule has 2 aromatic carbocycles. The van der Waals surface area contributed by atoms with Gasteiger partial charge in [-0.25, -0.2) is 0 Å². The summed E-state index contributed by atoms with van der Waals surface area (Å²) in [4.78, 5) is 11.0. The molecular formula is C19H24N2O. The molecule has 116 valence electrons. The standard InChI is InChI=1S/C19H24N2O/c1-14(22)20-17-9-5-15(6-10-17)13-16-7-11-18(12-8-16)21-19(2,3)4/h5-12,21H,13H2,1-4H3,(H,20,22). The number of amides is 1. The normalized spacial score (nSPS) is 11.1. The van der Waals surface area contributed by atoms with Crippen molar-refractivity contribution < 1.29 is 4.79 Å². The van der Waals surface area contributed by atoms with E-state index in [9.17, 15) is 4.79 Å².